The van der Waals surface area contributed by atoms with Crippen molar-refractivity contribution in [2.24, 2.45) is 0 Å². The number of thioether (sulfide) groups is 1. The Kier molecular flexibility index (Phi) is 6.26. The van der Waals surface area contributed by atoms with Gasteiger partial charge in [-0.1, -0.05) is 42.1 Å². The summed E-state index contributed by atoms with van der Waals surface area (Å²) in [6, 6.07) is 23.0. The first-order valence-electron chi connectivity index (χ1n) is 10.5. The minimum Gasteiger partial charge on any atom is -0.485 e. The normalized spacial score (nSPS) is 14.4. The van der Waals surface area contributed by atoms with Gasteiger partial charge in [-0.15, -0.1) is 10.2 Å². The predicted octanol–water partition coefficient (Wildman–Crippen LogP) is 4.81. The van der Waals surface area contributed by atoms with E-state index in [4.69, 9.17) is 13.9 Å². The maximum absolute atomic E-state index is 12.6. The van der Waals surface area contributed by atoms with Crippen molar-refractivity contribution in [1.29, 1.82) is 0 Å². The third-order valence-electron chi connectivity index (χ3n) is 5.03. The maximum atomic E-state index is 12.6. The van der Waals surface area contributed by atoms with Gasteiger partial charge in [-0.3, -0.25) is 9.59 Å². The van der Waals surface area contributed by atoms with Crippen molar-refractivity contribution in [3.05, 3.63) is 95.9 Å². The van der Waals surface area contributed by atoms with Crippen LogP contribution in [0.25, 0.3) is 0 Å². The maximum Gasteiger partial charge on any atom is 0.277 e. The van der Waals surface area contributed by atoms with Gasteiger partial charge in [0, 0.05) is 16.8 Å². The molecule has 1 amide bonds. The number of benzene rings is 3. The van der Waals surface area contributed by atoms with Crippen LogP contribution in [-0.2, 0) is 0 Å². The number of rotatable bonds is 7. The minimum atomic E-state index is -0.508. The van der Waals surface area contributed by atoms with Crippen molar-refractivity contribution >= 4 is 29.1 Å². The molecule has 0 radical (unpaired) electrons. The molecule has 0 saturated carbocycles. The molecule has 4 aromatic rings. The number of hydrogen-bond acceptors (Lipinski definition) is 8. The number of nitrogens with zero attached hydrogens (tertiary/aromatic N) is 2. The fourth-order valence-corrected chi connectivity index (χ4v) is 3.96. The largest absolute Gasteiger partial charge is 0.485 e. The number of ketones is 1. The fraction of sp³-hybridized carbons (Fsp3) is 0.120. The highest BCUT2D eigenvalue weighted by Gasteiger charge is 2.27. The number of ether oxygens (including phenoxy) is 2. The number of carbonyl (C=O) groups excluding carboxylic acids is 2. The molecule has 5 rings (SSSR count). The lowest BCUT2D eigenvalue weighted by molar-refractivity contribution is 0.0686. The van der Waals surface area contributed by atoms with E-state index in [0.29, 0.717) is 34.2 Å². The molecule has 1 unspecified atom stereocenters. The Bertz CT molecular complexity index is 1310. The highest BCUT2D eigenvalue weighted by Crippen LogP contribution is 2.36. The molecular formula is C25H19N3O5S. The third-order valence-corrected chi connectivity index (χ3v) is 5.85. The molecule has 2 heterocycles. The number of fused-ring (bicyclic) bond motifs is 1. The molecule has 0 aliphatic carbocycles. The standard InChI is InChI=1S/C25H19N3O5S/c29-19(16-10-12-18(13-11-16)26-23(30)17-6-2-1-3-7-17)15-34-25-28-27-24(33-25)22-14-31-20-8-4-5-9-21(20)32-22/h1-13,22H,14-15H2,(H,26,30). The van der Waals surface area contributed by atoms with Crippen molar-refractivity contribution in [3.8, 4) is 11.5 Å². The smallest absolute Gasteiger partial charge is 0.277 e. The summed E-state index contributed by atoms with van der Waals surface area (Å²) in [4.78, 5) is 24.8. The average Bonchev–Trinajstić information content (AvgIpc) is 3.37. The van der Waals surface area contributed by atoms with Crippen LogP contribution in [0.4, 0.5) is 5.69 Å². The van der Waals surface area contributed by atoms with E-state index in [2.05, 4.69) is 15.5 Å². The Morgan fingerprint density at radius 3 is 2.41 bits per heavy atom. The summed E-state index contributed by atoms with van der Waals surface area (Å²) < 4.78 is 17.2. The van der Waals surface area contributed by atoms with Crippen molar-refractivity contribution in [2.45, 2.75) is 11.3 Å². The summed E-state index contributed by atoms with van der Waals surface area (Å²) in [6.07, 6.45) is -0.508. The number of aromatic nitrogens is 2. The molecule has 8 nitrogen and oxygen atoms in total. The molecule has 0 saturated heterocycles. The Balaban J connectivity index is 1.15. The van der Waals surface area contributed by atoms with E-state index in [1.54, 1.807) is 48.5 Å². The van der Waals surface area contributed by atoms with E-state index in [0.717, 1.165) is 11.8 Å². The lowest BCUT2D eigenvalue weighted by Crippen LogP contribution is -2.21. The Morgan fingerprint density at radius 1 is 0.882 bits per heavy atom. The number of para-hydroxylation sites is 2. The second-order valence-electron chi connectivity index (χ2n) is 7.38. The zero-order chi connectivity index (χ0) is 23.3. The minimum absolute atomic E-state index is 0.100. The van der Waals surface area contributed by atoms with Crippen molar-refractivity contribution < 1.29 is 23.5 Å². The quantitative estimate of drug-likeness (QED) is 0.301. The van der Waals surface area contributed by atoms with Gasteiger partial charge >= 0.3 is 0 Å². The number of carbonyl (C=O) groups is 2. The van der Waals surface area contributed by atoms with E-state index in [1.165, 1.54) is 0 Å². The van der Waals surface area contributed by atoms with E-state index >= 15 is 0 Å². The second-order valence-corrected chi connectivity index (χ2v) is 8.31. The van der Waals surface area contributed by atoms with Gasteiger partial charge in [0.2, 0.25) is 6.10 Å². The van der Waals surface area contributed by atoms with Gasteiger partial charge in [-0.25, -0.2) is 0 Å². The van der Waals surface area contributed by atoms with E-state index < -0.39 is 6.10 Å². The first-order chi connectivity index (χ1) is 16.7. The van der Waals surface area contributed by atoms with Crippen LogP contribution in [0.1, 0.15) is 32.7 Å². The van der Waals surface area contributed by atoms with Crippen LogP contribution in [0.3, 0.4) is 0 Å². The summed E-state index contributed by atoms with van der Waals surface area (Å²) >= 11 is 1.15. The Hall–Kier alpha value is -4.11. The molecule has 1 aromatic heterocycles. The molecule has 3 aromatic carbocycles. The van der Waals surface area contributed by atoms with Crippen LogP contribution >= 0.6 is 11.8 Å². The molecule has 1 aliphatic rings. The van der Waals surface area contributed by atoms with E-state index in [-0.39, 0.29) is 29.3 Å². The highest BCUT2D eigenvalue weighted by atomic mass is 32.2. The summed E-state index contributed by atoms with van der Waals surface area (Å²) in [6.45, 7) is 0.259. The lowest BCUT2D eigenvalue weighted by Gasteiger charge is -2.23. The number of anilines is 1. The molecule has 1 N–H and O–H groups in total. The average molecular weight is 474 g/mol. The number of Topliss-reactive ketones (excluding diaryl/α,β-unsaturated/α-hetero) is 1. The molecule has 0 bridgehead atoms. The van der Waals surface area contributed by atoms with Crippen molar-refractivity contribution in [1.82, 2.24) is 10.2 Å². The third kappa shape index (κ3) is 4.94. The van der Waals surface area contributed by atoms with E-state index in [1.807, 2.05) is 30.3 Å². The Labute approximate surface area is 199 Å². The van der Waals surface area contributed by atoms with Gasteiger partial charge in [0.05, 0.1) is 5.75 Å². The van der Waals surface area contributed by atoms with Gasteiger partial charge in [0.15, 0.2) is 17.3 Å². The predicted molar refractivity (Wildman–Crippen MR) is 125 cm³/mol. The van der Waals surface area contributed by atoms with Crippen LogP contribution < -0.4 is 14.8 Å². The van der Waals surface area contributed by atoms with Crippen LogP contribution in [0.5, 0.6) is 11.5 Å². The fourth-order valence-electron chi connectivity index (χ4n) is 3.29. The second kappa shape index (κ2) is 9.80. The van der Waals surface area contributed by atoms with Crippen LogP contribution in [0.15, 0.2) is 88.5 Å². The van der Waals surface area contributed by atoms with Gasteiger partial charge in [0.1, 0.15) is 6.61 Å². The monoisotopic (exact) mass is 473 g/mol. The molecule has 34 heavy (non-hydrogen) atoms. The highest BCUT2D eigenvalue weighted by molar-refractivity contribution is 7.99. The summed E-state index contributed by atoms with van der Waals surface area (Å²) in [5.74, 6) is 1.40. The van der Waals surface area contributed by atoms with Crippen molar-refractivity contribution in [3.63, 3.8) is 0 Å². The lowest BCUT2D eigenvalue weighted by atomic mass is 10.1. The summed E-state index contributed by atoms with van der Waals surface area (Å²) in [7, 11) is 0. The zero-order valence-electron chi connectivity index (χ0n) is 17.8. The summed E-state index contributed by atoms with van der Waals surface area (Å²) in [5.41, 5.74) is 1.69. The molecule has 9 heteroatoms. The first-order valence-corrected chi connectivity index (χ1v) is 11.5. The zero-order valence-corrected chi connectivity index (χ0v) is 18.7. The van der Waals surface area contributed by atoms with Crippen LogP contribution in [0.2, 0.25) is 0 Å². The van der Waals surface area contributed by atoms with Gasteiger partial charge < -0.3 is 19.2 Å². The number of amides is 1. The molecular weight excluding hydrogens is 454 g/mol. The SMILES string of the molecule is O=C(CSc1nnc(C2COc3ccccc3O2)o1)c1ccc(NC(=O)c2ccccc2)cc1. The molecule has 1 aliphatic heterocycles. The Morgan fingerprint density at radius 2 is 1.62 bits per heavy atom. The van der Waals surface area contributed by atoms with Gasteiger partial charge in [-0.2, -0.15) is 0 Å². The first kappa shape index (κ1) is 21.7. The van der Waals surface area contributed by atoms with Gasteiger partial charge in [0.25, 0.3) is 17.0 Å². The molecule has 1 atom stereocenters. The molecule has 170 valence electrons. The molecule has 0 spiro atoms. The van der Waals surface area contributed by atoms with Crippen molar-refractivity contribution in [2.75, 3.05) is 17.7 Å². The number of hydrogen-bond donors (Lipinski definition) is 1. The van der Waals surface area contributed by atoms with Crippen LogP contribution in [-0.4, -0.2) is 34.2 Å². The van der Waals surface area contributed by atoms with E-state index in [9.17, 15) is 9.59 Å². The van der Waals surface area contributed by atoms with Gasteiger partial charge in [-0.05, 0) is 48.5 Å². The number of nitrogens with one attached hydrogen (secondary N) is 1. The topological polar surface area (TPSA) is 104 Å². The summed E-state index contributed by atoms with van der Waals surface area (Å²) in [5, 5.41) is 11.1. The molecule has 0 fully saturated rings. The van der Waals surface area contributed by atoms with Crippen LogP contribution in [0, 0.1) is 0 Å².